The third kappa shape index (κ3) is 4.40. The van der Waals surface area contributed by atoms with Gasteiger partial charge in [-0.1, -0.05) is 35.3 Å². The first kappa shape index (κ1) is 19.4. The molecule has 2 heterocycles. The fourth-order valence-electron chi connectivity index (χ4n) is 2.59. The number of nitrogens with one attached hydrogen (secondary N) is 2. The Kier molecular flexibility index (Phi) is 5.48. The SMILES string of the molecule is O=C(CNC(=O)c1ccc(Cl)cc1)Nc1nc2scc(-c3ccc(Cl)cc3)n2n1. The van der Waals surface area contributed by atoms with Crippen molar-refractivity contribution in [3.8, 4) is 11.3 Å². The van der Waals surface area contributed by atoms with E-state index in [-0.39, 0.29) is 18.4 Å². The number of hydrogen-bond donors (Lipinski definition) is 2. The maximum Gasteiger partial charge on any atom is 0.251 e. The number of amides is 2. The molecule has 146 valence electrons. The van der Waals surface area contributed by atoms with Crippen molar-refractivity contribution < 1.29 is 9.59 Å². The van der Waals surface area contributed by atoms with E-state index in [0.29, 0.717) is 20.6 Å². The van der Waals surface area contributed by atoms with Gasteiger partial charge in [-0.15, -0.1) is 16.4 Å². The number of aromatic nitrogens is 3. The highest BCUT2D eigenvalue weighted by Gasteiger charge is 2.14. The lowest BCUT2D eigenvalue weighted by Gasteiger charge is -2.05. The van der Waals surface area contributed by atoms with Crippen molar-refractivity contribution in [3.05, 3.63) is 69.5 Å². The first-order valence-electron chi connectivity index (χ1n) is 8.43. The molecule has 2 amide bonds. The number of nitrogens with zero attached hydrogens (tertiary/aromatic N) is 3. The van der Waals surface area contributed by atoms with Crippen molar-refractivity contribution in [2.24, 2.45) is 0 Å². The zero-order chi connectivity index (χ0) is 20.4. The Hall–Kier alpha value is -2.94. The predicted molar refractivity (Wildman–Crippen MR) is 114 cm³/mol. The summed E-state index contributed by atoms with van der Waals surface area (Å²) in [6.45, 7) is -0.210. The lowest BCUT2D eigenvalue weighted by molar-refractivity contribution is -0.115. The van der Waals surface area contributed by atoms with E-state index < -0.39 is 5.91 Å². The number of halogens is 2. The highest BCUT2D eigenvalue weighted by molar-refractivity contribution is 7.15. The summed E-state index contributed by atoms with van der Waals surface area (Å²) in [5.41, 5.74) is 2.18. The molecule has 4 aromatic rings. The van der Waals surface area contributed by atoms with Gasteiger partial charge in [0.05, 0.1) is 12.2 Å². The summed E-state index contributed by atoms with van der Waals surface area (Å²) in [5, 5.41) is 12.6. The minimum absolute atomic E-state index is 0.165. The largest absolute Gasteiger partial charge is 0.343 e. The number of carbonyl (C=O) groups excluding carboxylic acids is 2. The second kappa shape index (κ2) is 8.20. The molecule has 29 heavy (non-hydrogen) atoms. The summed E-state index contributed by atoms with van der Waals surface area (Å²) >= 11 is 13.1. The molecule has 0 bridgehead atoms. The molecule has 10 heteroatoms. The Balaban J connectivity index is 1.41. The third-order valence-corrected chi connectivity index (χ3v) is 5.31. The number of fused-ring (bicyclic) bond motifs is 1. The van der Waals surface area contributed by atoms with Crippen molar-refractivity contribution in [1.82, 2.24) is 19.9 Å². The van der Waals surface area contributed by atoms with Gasteiger partial charge in [0.2, 0.25) is 10.9 Å². The molecule has 0 aliphatic carbocycles. The van der Waals surface area contributed by atoms with Gasteiger partial charge in [-0.3, -0.25) is 14.9 Å². The van der Waals surface area contributed by atoms with Crippen molar-refractivity contribution in [3.63, 3.8) is 0 Å². The summed E-state index contributed by atoms with van der Waals surface area (Å²) in [4.78, 5) is 29.1. The number of thiazole rings is 1. The molecule has 0 unspecified atom stereocenters. The second-order valence-electron chi connectivity index (χ2n) is 6.00. The van der Waals surface area contributed by atoms with Crippen LogP contribution in [0.2, 0.25) is 10.0 Å². The Morgan fingerprint density at radius 2 is 1.66 bits per heavy atom. The molecule has 2 aromatic heterocycles. The Morgan fingerprint density at radius 1 is 1.00 bits per heavy atom. The van der Waals surface area contributed by atoms with Gasteiger partial charge < -0.3 is 5.32 Å². The van der Waals surface area contributed by atoms with Crippen LogP contribution in [-0.4, -0.2) is 33.0 Å². The van der Waals surface area contributed by atoms with Crippen LogP contribution in [0.3, 0.4) is 0 Å². The molecule has 2 aromatic carbocycles. The number of anilines is 1. The fraction of sp³-hybridized carbons (Fsp3) is 0.0526. The van der Waals surface area contributed by atoms with E-state index in [1.165, 1.54) is 11.3 Å². The second-order valence-corrected chi connectivity index (χ2v) is 7.70. The van der Waals surface area contributed by atoms with Gasteiger partial charge in [0.15, 0.2) is 0 Å². The molecule has 0 aliphatic heterocycles. The number of hydrogen-bond acceptors (Lipinski definition) is 5. The zero-order valence-electron chi connectivity index (χ0n) is 14.7. The van der Waals surface area contributed by atoms with Gasteiger partial charge in [-0.25, -0.2) is 4.52 Å². The normalized spacial score (nSPS) is 10.8. The highest BCUT2D eigenvalue weighted by Crippen LogP contribution is 2.26. The maximum absolute atomic E-state index is 12.1. The van der Waals surface area contributed by atoms with Gasteiger partial charge in [0, 0.05) is 26.6 Å². The Bertz CT molecular complexity index is 1190. The van der Waals surface area contributed by atoms with Crippen LogP contribution in [0.1, 0.15) is 10.4 Å². The van der Waals surface area contributed by atoms with Gasteiger partial charge in [-0.2, -0.15) is 4.98 Å². The van der Waals surface area contributed by atoms with Crippen LogP contribution in [0.5, 0.6) is 0 Å². The molecule has 0 fully saturated rings. The average molecular weight is 446 g/mol. The Morgan fingerprint density at radius 3 is 2.34 bits per heavy atom. The van der Waals surface area contributed by atoms with Gasteiger partial charge >= 0.3 is 0 Å². The van der Waals surface area contributed by atoms with Gasteiger partial charge in [0.25, 0.3) is 11.9 Å². The molecular formula is C19H13Cl2N5O2S. The van der Waals surface area contributed by atoms with Crippen LogP contribution in [-0.2, 0) is 4.79 Å². The van der Waals surface area contributed by atoms with Crippen LogP contribution in [0.4, 0.5) is 5.95 Å². The number of rotatable bonds is 5. The lowest BCUT2D eigenvalue weighted by Crippen LogP contribution is -2.33. The molecule has 0 saturated heterocycles. The van der Waals surface area contributed by atoms with Crippen LogP contribution < -0.4 is 10.6 Å². The number of benzene rings is 2. The molecule has 4 rings (SSSR count). The molecule has 0 spiro atoms. The summed E-state index contributed by atoms with van der Waals surface area (Å²) in [6, 6.07) is 13.7. The summed E-state index contributed by atoms with van der Waals surface area (Å²) in [5.74, 6) is -0.642. The van der Waals surface area contributed by atoms with E-state index >= 15 is 0 Å². The topological polar surface area (TPSA) is 88.4 Å². The Labute approximate surface area is 179 Å². The van der Waals surface area contributed by atoms with Crippen molar-refractivity contribution in [1.29, 1.82) is 0 Å². The standard InChI is InChI=1S/C19H13Cl2N5O2S/c20-13-5-1-11(2-6-13)15-10-29-19-24-18(25-26(15)19)23-16(27)9-22-17(28)12-3-7-14(21)8-4-12/h1-8,10H,9H2,(H,22,28)(H,23,25,27). The summed E-state index contributed by atoms with van der Waals surface area (Å²) in [6.07, 6.45) is 0. The molecule has 0 saturated carbocycles. The smallest absolute Gasteiger partial charge is 0.251 e. The van der Waals surface area contributed by atoms with Gasteiger partial charge in [-0.05, 0) is 36.4 Å². The first-order chi connectivity index (χ1) is 14.0. The van der Waals surface area contributed by atoms with E-state index in [1.807, 2.05) is 17.5 Å². The monoisotopic (exact) mass is 445 g/mol. The van der Waals surface area contributed by atoms with Crippen LogP contribution in [0.15, 0.2) is 53.9 Å². The molecule has 7 nitrogen and oxygen atoms in total. The molecule has 0 radical (unpaired) electrons. The van der Waals surface area contributed by atoms with E-state index in [4.69, 9.17) is 23.2 Å². The van der Waals surface area contributed by atoms with Crippen molar-refractivity contribution >= 4 is 57.3 Å². The van der Waals surface area contributed by atoms with Crippen molar-refractivity contribution in [2.45, 2.75) is 0 Å². The molecule has 0 aliphatic rings. The highest BCUT2D eigenvalue weighted by atomic mass is 35.5. The lowest BCUT2D eigenvalue weighted by atomic mass is 10.2. The summed E-state index contributed by atoms with van der Waals surface area (Å²) < 4.78 is 1.65. The predicted octanol–water partition coefficient (Wildman–Crippen LogP) is 4.13. The van der Waals surface area contributed by atoms with E-state index in [0.717, 1.165) is 11.3 Å². The first-order valence-corrected chi connectivity index (χ1v) is 10.1. The minimum Gasteiger partial charge on any atom is -0.343 e. The van der Waals surface area contributed by atoms with Gasteiger partial charge in [0.1, 0.15) is 0 Å². The molecular weight excluding hydrogens is 433 g/mol. The van der Waals surface area contributed by atoms with Crippen molar-refractivity contribution in [2.75, 3.05) is 11.9 Å². The van der Waals surface area contributed by atoms with Crippen LogP contribution >= 0.6 is 34.5 Å². The summed E-state index contributed by atoms with van der Waals surface area (Å²) in [7, 11) is 0. The maximum atomic E-state index is 12.1. The van der Waals surface area contributed by atoms with Crippen LogP contribution in [0, 0.1) is 0 Å². The van der Waals surface area contributed by atoms with E-state index in [9.17, 15) is 9.59 Å². The third-order valence-electron chi connectivity index (χ3n) is 3.99. The van der Waals surface area contributed by atoms with Crippen LogP contribution in [0.25, 0.3) is 16.2 Å². The molecule has 0 atom stereocenters. The van der Waals surface area contributed by atoms with E-state index in [1.54, 1.807) is 40.9 Å². The number of carbonyl (C=O) groups is 2. The average Bonchev–Trinajstić information content (AvgIpc) is 3.27. The quantitative estimate of drug-likeness (QED) is 0.483. The minimum atomic E-state index is -0.432. The fourth-order valence-corrected chi connectivity index (χ4v) is 3.67. The molecule has 2 N–H and O–H groups in total. The van der Waals surface area contributed by atoms with E-state index in [2.05, 4.69) is 20.7 Å². The zero-order valence-corrected chi connectivity index (χ0v) is 17.1.